The molecule has 4 nitrogen and oxygen atoms in total. The van der Waals surface area contributed by atoms with Crippen molar-refractivity contribution in [2.24, 2.45) is 0 Å². The summed E-state index contributed by atoms with van der Waals surface area (Å²) >= 11 is 6.04. The van der Waals surface area contributed by atoms with Crippen LogP contribution >= 0.6 is 11.6 Å². The summed E-state index contributed by atoms with van der Waals surface area (Å²) in [4.78, 5) is 7.83. The van der Waals surface area contributed by atoms with E-state index in [1.165, 1.54) is 6.33 Å². The molecule has 0 amide bonds. The van der Waals surface area contributed by atoms with Gasteiger partial charge in [-0.1, -0.05) is 37.6 Å². The van der Waals surface area contributed by atoms with E-state index in [0.29, 0.717) is 5.92 Å². The normalized spacial score (nSPS) is 10.8. The molecular formula is C14H16ClN3O. The van der Waals surface area contributed by atoms with Crippen LogP contribution in [0.4, 0.5) is 5.82 Å². The van der Waals surface area contributed by atoms with Crippen LogP contribution < -0.4 is 10.5 Å². The number of hydrogen-bond acceptors (Lipinski definition) is 4. The number of nitrogens with zero attached hydrogens (tertiary/aromatic N) is 2. The fourth-order valence-corrected chi connectivity index (χ4v) is 1.88. The number of anilines is 1. The summed E-state index contributed by atoms with van der Waals surface area (Å²) in [7, 11) is 0. The summed E-state index contributed by atoms with van der Waals surface area (Å²) in [5.74, 6) is 1.58. The highest BCUT2D eigenvalue weighted by Gasteiger charge is 2.13. The van der Waals surface area contributed by atoms with Crippen molar-refractivity contribution in [2.75, 3.05) is 5.73 Å². The first-order valence-electron chi connectivity index (χ1n) is 6.03. The van der Waals surface area contributed by atoms with Crippen LogP contribution in [0, 0.1) is 6.92 Å². The first-order chi connectivity index (χ1) is 8.99. The van der Waals surface area contributed by atoms with Gasteiger partial charge in [-0.25, -0.2) is 4.98 Å². The van der Waals surface area contributed by atoms with Crippen LogP contribution in [0.5, 0.6) is 11.6 Å². The molecule has 0 aliphatic carbocycles. The van der Waals surface area contributed by atoms with E-state index >= 15 is 0 Å². The summed E-state index contributed by atoms with van der Waals surface area (Å²) in [6.45, 7) is 6.22. The van der Waals surface area contributed by atoms with Crippen LogP contribution in [-0.4, -0.2) is 9.97 Å². The molecule has 0 fully saturated rings. The summed E-state index contributed by atoms with van der Waals surface area (Å²) in [5.41, 5.74) is 7.84. The zero-order valence-corrected chi connectivity index (χ0v) is 11.9. The summed E-state index contributed by atoms with van der Waals surface area (Å²) in [5, 5.41) is 0.235. The third-order valence-electron chi connectivity index (χ3n) is 2.78. The molecule has 0 aliphatic rings. The third kappa shape index (κ3) is 2.96. The lowest BCUT2D eigenvalue weighted by Crippen LogP contribution is -1.99. The van der Waals surface area contributed by atoms with Crippen LogP contribution in [0.2, 0.25) is 5.02 Å². The number of ether oxygens (including phenoxy) is 1. The van der Waals surface area contributed by atoms with E-state index in [1.807, 2.05) is 19.1 Å². The number of nitrogens with two attached hydrogens (primary N) is 1. The molecule has 0 aliphatic heterocycles. The number of nitrogen functional groups attached to an aromatic ring is 1. The SMILES string of the molecule is Cc1ccc(C(C)C)c(Oc2ncnc(N)c2Cl)c1. The minimum atomic E-state index is 0.213. The fourth-order valence-electron chi connectivity index (χ4n) is 1.75. The molecule has 5 heteroatoms. The number of benzene rings is 1. The van der Waals surface area contributed by atoms with Crippen molar-refractivity contribution >= 4 is 17.4 Å². The molecule has 2 aromatic rings. The van der Waals surface area contributed by atoms with Gasteiger partial charge in [0.25, 0.3) is 0 Å². The van der Waals surface area contributed by atoms with Crippen molar-refractivity contribution in [1.82, 2.24) is 9.97 Å². The second-order valence-electron chi connectivity index (χ2n) is 4.68. The van der Waals surface area contributed by atoms with Gasteiger partial charge >= 0.3 is 0 Å². The van der Waals surface area contributed by atoms with Crippen molar-refractivity contribution in [3.05, 3.63) is 40.7 Å². The average molecular weight is 278 g/mol. The summed E-state index contributed by atoms with van der Waals surface area (Å²) in [6, 6.07) is 6.07. The van der Waals surface area contributed by atoms with Crippen LogP contribution in [-0.2, 0) is 0 Å². The molecule has 0 spiro atoms. The Labute approximate surface area is 117 Å². The standard InChI is InChI=1S/C14H16ClN3O/c1-8(2)10-5-4-9(3)6-11(10)19-14-12(15)13(16)17-7-18-14/h4-8H,1-3H3,(H2,16,17,18). The Morgan fingerprint density at radius 1 is 1.26 bits per heavy atom. The molecule has 0 saturated carbocycles. The number of rotatable bonds is 3. The number of aryl methyl sites for hydroxylation is 1. The molecule has 100 valence electrons. The highest BCUT2D eigenvalue weighted by molar-refractivity contribution is 6.34. The van der Waals surface area contributed by atoms with E-state index in [9.17, 15) is 0 Å². The van der Waals surface area contributed by atoms with E-state index in [0.717, 1.165) is 16.9 Å². The first-order valence-corrected chi connectivity index (χ1v) is 6.41. The van der Waals surface area contributed by atoms with Gasteiger partial charge in [0.2, 0.25) is 5.88 Å². The Hall–Kier alpha value is -1.81. The van der Waals surface area contributed by atoms with Crippen LogP contribution in [0.1, 0.15) is 30.9 Å². The lowest BCUT2D eigenvalue weighted by molar-refractivity contribution is 0.453. The van der Waals surface area contributed by atoms with Gasteiger partial charge in [0.05, 0.1) is 0 Å². The van der Waals surface area contributed by atoms with Crippen LogP contribution in [0.15, 0.2) is 24.5 Å². The van der Waals surface area contributed by atoms with Crippen LogP contribution in [0.3, 0.4) is 0 Å². The molecule has 0 unspecified atom stereocenters. The Morgan fingerprint density at radius 3 is 2.68 bits per heavy atom. The van der Waals surface area contributed by atoms with E-state index in [1.54, 1.807) is 0 Å². The largest absolute Gasteiger partial charge is 0.437 e. The van der Waals surface area contributed by atoms with Gasteiger partial charge in [-0.05, 0) is 30.0 Å². The van der Waals surface area contributed by atoms with Gasteiger partial charge in [0.15, 0.2) is 0 Å². The maximum atomic E-state index is 6.04. The summed E-state index contributed by atoms with van der Waals surface area (Å²) < 4.78 is 5.80. The summed E-state index contributed by atoms with van der Waals surface area (Å²) in [6.07, 6.45) is 1.33. The average Bonchev–Trinajstić information content (AvgIpc) is 2.35. The molecule has 1 aromatic heterocycles. The van der Waals surface area contributed by atoms with Crippen molar-refractivity contribution in [3.63, 3.8) is 0 Å². The van der Waals surface area contributed by atoms with Crippen LogP contribution in [0.25, 0.3) is 0 Å². The predicted octanol–water partition coefficient (Wildman–Crippen LogP) is 3.94. The zero-order chi connectivity index (χ0) is 14.0. The molecule has 0 atom stereocenters. The van der Waals surface area contributed by atoms with E-state index in [-0.39, 0.29) is 16.7 Å². The van der Waals surface area contributed by atoms with Crippen molar-refractivity contribution in [1.29, 1.82) is 0 Å². The second kappa shape index (κ2) is 5.45. The maximum Gasteiger partial charge on any atom is 0.243 e. The van der Waals surface area contributed by atoms with Gasteiger partial charge in [-0.15, -0.1) is 0 Å². The van der Waals surface area contributed by atoms with E-state index in [4.69, 9.17) is 22.1 Å². The highest BCUT2D eigenvalue weighted by Crippen LogP contribution is 2.34. The Bertz CT molecular complexity index is 599. The zero-order valence-electron chi connectivity index (χ0n) is 11.1. The molecule has 2 rings (SSSR count). The minimum Gasteiger partial charge on any atom is -0.437 e. The lowest BCUT2D eigenvalue weighted by atomic mass is 10.0. The molecular weight excluding hydrogens is 262 g/mol. The number of hydrogen-bond donors (Lipinski definition) is 1. The topological polar surface area (TPSA) is 61.0 Å². The molecule has 0 radical (unpaired) electrons. The minimum absolute atomic E-state index is 0.213. The van der Waals surface area contributed by atoms with E-state index < -0.39 is 0 Å². The quantitative estimate of drug-likeness (QED) is 0.923. The fraction of sp³-hybridized carbons (Fsp3) is 0.286. The molecule has 1 heterocycles. The predicted molar refractivity (Wildman–Crippen MR) is 76.8 cm³/mol. The second-order valence-corrected chi connectivity index (χ2v) is 5.05. The highest BCUT2D eigenvalue weighted by atomic mass is 35.5. The van der Waals surface area contributed by atoms with E-state index in [2.05, 4.69) is 29.9 Å². The number of halogens is 1. The molecule has 19 heavy (non-hydrogen) atoms. The molecule has 2 N–H and O–H groups in total. The van der Waals surface area contributed by atoms with Gasteiger partial charge in [-0.3, -0.25) is 0 Å². The van der Waals surface area contributed by atoms with Gasteiger partial charge in [-0.2, -0.15) is 4.98 Å². The Balaban J connectivity index is 2.42. The monoisotopic (exact) mass is 277 g/mol. The van der Waals surface area contributed by atoms with Gasteiger partial charge in [0, 0.05) is 0 Å². The van der Waals surface area contributed by atoms with Gasteiger partial charge < -0.3 is 10.5 Å². The third-order valence-corrected chi connectivity index (χ3v) is 3.14. The Kier molecular flexibility index (Phi) is 3.90. The van der Waals surface area contributed by atoms with Gasteiger partial charge in [0.1, 0.15) is 22.9 Å². The Morgan fingerprint density at radius 2 is 2.00 bits per heavy atom. The number of aromatic nitrogens is 2. The van der Waals surface area contributed by atoms with Crippen molar-refractivity contribution < 1.29 is 4.74 Å². The molecule has 0 saturated heterocycles. The maximum absolute atomic E-state index is 6.04. The van der Waals surface area contributed by atoms with Crippen molar-refractivity contribution in [3.8, 4) is 11.6 Å². The first kappa shape index (κ1) is 13.6. The lowest BCUT2D eigenvalue weighted by Gasteiger charge is -2.14. The molecule has 1 aromatic carbocycles. The smallest absolute Gasteiger partial charge is 0.243 e. The van der Waals surface area contributed by atoms with Crippen molar-refractivity contribution in [2.45, 2.75) is 26.7 Å². The molecule has 0 bridgehead atoms.